The van der Waals surface area contributed by atoms with Gasteiger partial charge in [0.15, 0.2) is 11.5 Å². The van der Waals surface area contributed by atoms with E-state index in [-0.39, 0.29) is 6.10 Å². The fourth-order valence-electron chi connectivity index (χ4n) is 2.43. The first-order valence-corrected chi connectivity index (χ1v) is 8.20. The number of hydrogen-bond acceptors (Lipinski definition) is 4. The maximum absolute atomic E-state index is 12.4. The molecule has 1 aromatic carbocycles. The van der Waals surface area contributed by atoms with Crippen molar-refractivity contribution in [3.63, 3.8) is 0 Å². The summed E-state index contributed by atoms with van der Waals surface area (Å²) in [5.41, 5.74) is 0.966. The van der Waals surface area contributed by atoms with Gasteiger partial charge in [0.2, 0.25) is 0 Å². The van der Waals surface area contributed by atoms with Crippen molar-refractivity contribution < 1.29 is 18.4 Å². The summed E-state index contributed by atoms with van der Waals surface area (Å²) in [5.74, 6) is 1.92. The number of hydrogen-bond donors (Lipinski definition) is 0. The highest BCUT2D eigenvalue weighted by molar-refractivity contribution is 7.85. The highest BCUT2D eigenvalue weighted by Gasteiger charge is 2.18. The summed E-state index contributed by atoms with van der Waals surface area (Å²) in [7, 11) is 2.16. The van der Waals surface area contributed by atoms with E-state index in [2.05, 4.69) is 0 Å². The molecule has 0 spiro atoms. The van der Waals surface area contributed by atoms with Crippen molar-refractivity contribution in [3.05, 3.63) is 17.7 Å². The topological polar surface area (TPSA) is 44.8 Å². The normalized spacial score (nSPS) is 19.9. The molecule has 5 heteroatoms. The number of benzene rings is 1. The van der Waals surface area contributed by atoms with Crippen LogP contribution < -0.4 is 9.47 Å². The molecule has 0 aromatic heterocycles. The molecule has 20 heavy (non-hydrogen) atoms. The highest BCUT2D eigenvalue weighted by atomic mass is 32.2. The summed E-state index contributed by atoms with van der Waals surface area (Å²) in [5, 5.41) is 0. The zero-order valence-electron chi connectivity index (χ0n) is 12.3. The SMILES string of the molecule is COc1cc(C)c([S@](=O)CC[C@H]2CCCO2)cc1OC. The van der Waals surface area contributed by atoms with E-state index in [4.69, 9.17) is 14.2 Å². The summed E-state index contributed by atoms with van der Waals surface area (Å²) in [6.07, 6.45) is 3.33. The fourth-order valence-corrected chi connectivity index (χ4v) is 3.78. The van der Waals surface area contributed by atoms with Gasteiger partial charge in [-0.1, -0.05) is 0 Å². The Kier molecular flexibility index (Phi) is 5.43. The van der Waals surface area contributed by atoms with Crippen LogP contribution in [0.2, 0.25) is 0 Å². The fraction of sp³-hybridized carbons (Fsp3) is 0.600. The zero-order valence-corrected chi connectivity index (χ0v) is 13.1. The van der Waals surface area contributed by atoms with Crippen molar-refractivity contribution in [3.8, 4) is 11.5 Å². The molecule has 0 radical (unpaired) electrons. The molecule has 0 N–H and O–H groups in total. The van der Waals surface area contributed by atoms with E-state index in [0.717, 1.165) is 36.3 Å². The summed E-state index contributed by atoms with van der Waals surface area (Å²) in [6, 6.07) is 3.69. The zero-order chi connectivity index (χ0) is 14.5. The second kappa shape index (κ2) is 7.09. The lowest BCUT2D eigenvalue weighted by molar-refractivity contribution is 0.109. The lowest BCUT2D eigenvalue weighted by Gasteiger charge is -2.13. The van der Waals surface area contributed by atoms with Gasteiger partial charge < -0.3 is 14.2 Å². The second-order valence-corrected chi connectivity index (χ2v) is 6.49. The molecule has 0 unspecified atom stereocenters. The van der Waals surface area contributed by atoms with Crippen LogP contribution in [0, 0.1) is 6.92 Å². The minimum atomic E-state index is -1.03. The molecule has 1 heterocycles. The Hall–Kier alpha value is -1.07. The summed E-state index contributed by atoms with van der Waals surface area (Å²) in [4.78, 5) is 0.820. The summed E-state index contributed by atoms with van der Waals surface area (Å²) in [6.45, 7) is 2.79. The maximum atomic E-state index is 12.4. The number of rotatable bonds is 6. The Bertz CT molecular complexity index is 481. The molecule has 112 valence electrons. The molecular weight excluding hydrogens is 276 g/mol. The molecule has 0 bridgehead atoms. The first-order chi connectivity index (χ1) is 9.65. The minimum absolute atomic E-state index is 0.277. The molecule has 1 fully saturated rings. The van der Waals surface area contributed by atoms with Crippen molar-refractivity contribution in [2.24, 2.45) is 0 Å². The molecule has 0 saturated carbocycles. The van der Waals surface area contributed by atoms with E-state index >= 15 is 0 Å². The van der Waals surface area contributed by atoms with Gasteiger partial charge in [-0.15, -0.1) is 0 Å². The molecular formula is C15H22O4S. The standard InChI is InChI=1S/C15H22O4S/c1-11-9-13(17-2)14(18-3)10-15(11)20(16)8-6-12-5-4-7-19-12/h9-10,12H,4-8H2,1-3H3/t12-,20-/m1/s1. The van der Waals surface area contributed by atoms with E-state index in [1.165, 1.54) is 0 Å². The third-order valence-electron chi connectivity index (χ3n) is 3.58. The third-order valence-corrected chi connectivity index (χ3v) is 5.11. The van der Waals surface area contributed by atoms with Gasteiger partial charge in [0.25, 0.3) is 0 Å². The Balaban J connectivity index is 2.08. The van der Waals surface area contributed by atoms with Crippen molar-refractivity contribution in [2.45, 2.75) is 37.2 Å². The van der Waals surface area contributed by atoms with E-state index < -0.39 is 10.8 Å². The van der Waals surface area contributed by atoms with Crippen LogP contribution in [0.5, 0.6) is 11.5 Å². The van der Waals surface area contributed by atoms with E-state index in [1.54, 1.807) is 14.2 Å². The van der Waals surface area contributed by atoms with Crippen molar-refractivity contribution in [1.29, 1.82) is 0 Å². The number of ether oxygens (including phenoxy) is 3. The number of methoxy groups -OCH3 is 2. The molecule has 2 rings (SSSR count). The first-order valence-electron chi connectivity index (χ1n) is 6.88. The monoisotopic (exact) mass is 298 g/mol. The smallest absolute Gasteiger partial charge is 0.161 e. The highest BCUT2D eigenvalue weighted by Crippen LogP contribution is 2.32. The van der Waals surface area contributed by atoms with Gasteiger partial charge in [-0.05, 0) is 37.8 Å². The quantitative estimate of drug-likeness (QED) is 0.810. The molecule has 1 saturated heterocycles. The van der Waals surface area contributed by atoms with Gasteiger partial charge in [-0.3, -0.25) is 4.21 Å². The van der Waals surface area contributed by atoms with Gasteiger partial charge in [0.05, 0.1) is 31.1 Å². The number of aryl methyl sites for hydroxylation is 1. The predicted octanol–water partition coefficient (Wildman–Crippen LogP) is 2.69. The summed E-state index contributed by atoms with van der Waals surface area (Å²) < 4.78 is 28.5. The van der Waals surface area contributed by atoms with Crippen LogP contribution in [0.15, 0.2) is 17.0 Å². The molecule has 1 aliphatic heterocycles. The van der Waals surface area contributed by atoms with Gasteiger partial charge in [0.1, 0.15) is 0 Å². The van der Waals surface area contributed by atoms with Crippen LogP contribution >= 0.6 is 0 Å². The lowest BCUT2D eigenvalue weighted by Crippen LogP contribution is -2.11. The van der Waals surface area contributed by atoms with Crippen LogP contribution in [0.3, 0.4) is 0 Å². The minimum Gasteiger partial charge on any atom is -0.493 e. The lowest BCUT2D eigenvalue weighted by atomic mass is 10.2. The van der Waals surface area contributed by atoms with E-state index in [1.807, 2.05) is 19.1 Å². The van der Waals surface area contributed by atoms with Crippen molar-refractivity contribution in [1.82, 2.24) is 0 Å². The Morgan fingerprint density at radius 1 is 1.30 bits per heavy atom. The molecule has 4 nitrogen and oxygen atoms in total. The maximum Gasteiger partial charge on any atom is 0.161 e. The van der Waals surface area contributed by atoms with Gasteiger partial charge in [0, 0.05) is 23.3 Å². The van der Waals surface area contributed by atoms with Crippen molar-refractivity contribution >= 4 is 10.8 Å². The van der Waals surface area contributed by atoms with Crippen LogP contribution in [0.4, 0.5) is 0 Å². The first kappa shape index (κ1) is 15.3. The van der Waals surface area contributed by atoms with Gasteiger partial charge in [-0.25, -0.2) is 0 Å². The molecule has 0 amide bonds. The molecule has 2 atom stereocenters. The van der Waals surface area contributed by atoms with Crippen LogP contribution in [-0.4, -0.2) is 36.9 Å². The average molecular weight is 298 g/mol. The summed E-state index contributed by atoms with van der Waals surface area (Å²) >= 11 is 0. The van der Waals surface area contributed by atoms with Gasteiger partial charge >= 0.3 is 0 Å². The van der Waals surface area contributed by atoms with Crippen LogP contribution in [0.1, 0.15) is 24.8 Å². The Morgan fingerprint density at radius 3 is 2.60 bits per heavy atom. The second-order valence-electron chi connectivity index (χ2n) is 4.95. The third kappa shape index (κ3) is 3.52. The molecule has 1 aromatic rings. The van der Waals surface area contributed by atoms with Gasteiger partial charge in [-0.2, -0.15) is 0 Å². The molecule has 0 aliphatic carbocycles. The average Bonchev–Trinajstić information content (AvgIpc) is 2.97. The van der Waals surface area contributed by atoms with E-state index in [9.17, 15) is 4.21 Å². The van der Waals surface area contributed by atoms with Crippen LogP contribution in [0.25, 0.3) is 0 Å². The van der Waals surface area contributed by atoms with Crippen LogP contribution in [-0.2, 0) is 15.5 Å². The Labute approximate surface area is 122 Å². The van der Waals surface area contributed by atoms with Crippen molar-refractivity contribution in [2.75, 3.05) is 26.6 Å². The molecule has 1 aliphatic rings. The predicted molar refractivity (Wildman–Crippen MR) is 79.1 cm³/mol. The van der Waals surface area contributed by atoms with E-state index in [0.29, 0.717) is 17.3 Å². The largest absolute Gasteiger partial charge is 0.493 e. The Morgan fingerprint density at radius 2 is 2.00 bits per heavy atom.